The van der Waals surface area contributed by atoms with Crippen molar-refractivity contribution in [3.05, 3.63) is 0 Å². The third-order valence-electron chi connectivity index (χ3n) is 5.27. The molecule has 0 aromatic heterocycles. The van der Waals surface area contributed by atoms with E-state index in [2.05, 4.69) is 27.0 Å². The van der Waals surface area contributed by atoms with Crippen molar-refractivity contribution in [1.29, 1.82) is 0 Å². The van der Waals surface area contributed by atoms with Gasteiger partial charge in [-0.3, -0.25) is 9.89 Å². The van der Waals surface area contributed by atoms with Crippen molar-refractivity contribution in [2.24, 2.45) is 10.9 Å². The molecule has 3 rings (SSSR count). The molecule has 1 aliphatic carbocycles. The lowest BCUT2D eigenvalue weighted by Gasteiger charge is -2.25. The van der Waals surface area contributed by atoms with E-state index >= 15 is 0 Å². The van der Waals surface area contributed by atoms with Crippen LogP contribution in [0, 0.1) is 5.92 Å². The van der Waals surface area contributed by atoms with Crippen molar-refractivity contribution in [3.63, 3.8) is 0 Å². The molecule has 24 heavy (non-hydrogen) atoms. The van der Waals surface area contributed by atoms with Gasteiger partial charge >= 0.3 is 0 Å². The summed E-state index contributed by atoms with van der Waals surface area (Å²) in [5, 5.41) is 13.5. The summed E-state index contributed by atoms with van der Waals surface area (Å²) < 4.78 is 5.56. The van der Waals surface area contributed by atoms with Gasteiger partial charge in [0, 0.05) is 32.3 Å². The van der Waals surface area contributed by atoms with E-state index in [4.69, 9.17) is 4.74 Å². The lowest BCUT2D eigenvalue weighted by molar-refractivity contribution is 0.0367. The van der Waals surface area contributed by atoms with E-state index in [1.165, 1.54) is 45.2 Å². The number of hydrogen-bond donors (Lipinski definition) is 2. The number of aliphatic hydroxyl groups is 1. The molecule has 0 bridgehead atoms. The summed E-state index contributed by atoms with van der Waals surface area (Å²) in [5.41, 5.74) is 0. The van der Waals surface area contributed by atoms with E-state index in [9.17, 15) is 5.11 Å². The lowest BCUT2D eigenvalue weighted by atomic mass is 10.2. The molecule has 3 fully saturated rings. The molecule has 2 aliphatic heterocycles. The third-order valence-corrected chi connectivity index (χ3v) is 5.27. The smallest absolute Gasteiger partial charge is 0.194 e. The fourth-order valence-electron chi connectivity index (χ4n) is 3.66. The fraction of sp³-hybridized carbons (Fsp3) is 0.944. The van der Waals surface area contributed by atoms with E-state index in [-0.39, 0.29) is 0 Å². The van der Waals surface area contributed by atoms with E-state index in [0.29, 0.717) is 19.2 Å². The molecule has 2 heterocycles. The Labute approximate surface area is 146 Å². The molecule has 6 heteroatoms. The number of nitrogens with one attached hydrogen (secondary N) is 1. The Bertz CT molecular complexity index is 408. The average Bonchev–Trinajstić information content (AvgIpc) is 3.05. The van der Waals surface area contributed by atoms with Gasteiger partial charge in [0.05, 0.1) is 19.3 Å². The second-order valence-corrected chi connectivity index (χ2v) is 7.46. The van der Waals surface area contributed by atoms with E-state index in [1.54, 1.807) is 0 Å². The Morgan fingerprint density at radius 2 is 2.04 bits per heavy atom. The summed E-state index contributed by atoms with van der Waals surface area (Å²) in [4.78, 5) is 9.63. The molecule has 2 saturated heterocycles. The Hall–Kier alpha value is -0.850. The summed E-state index contributed by atoms with van der Waals surface area (Å²) in [6, 6.07) is 0.670. The number of rotatable bonds is 8. The van der Waals surface area contributed by atoms with Crippen molar-refractivity contribution in [3.8, 4) is 0 Å². The normalized spacial score (nSPS) is 27.0. The number of guanidine groups is 1. The molecule has 2 atom stereocenters. The van der Waals surface area contributed by atoms with Crippen LogP contribution >= 0.6 is 0 Å². The Kier molecular flexibility index (Phi) is 6.75. The van der Waals surface area contributed by atoms with E-state index in [1.807, 2.05) is 0 Å². The summed E-state index contributed by atoms with van der Waals surface area (Å²) in [7, 11) is 0. The minimum absolute atomic E-state index is 0.399. The Morgan fingerprint density at radius 1 is 1.25 bits per heavy atom. The van der Waals surface area contributed by atoms with Gasteiger partial charge in [-0.25, -0.2) is 0 Å². The monoisotopic (exact) mass is 338 g/mol. The van der Waals surface area contributed by atoms with Crippen molar-refractivity contribution in [2.75, 3.05) is 52.5 Å². The maximum Gasteiger partial charge on any atom is 0.194 e. The van der Waals surface area contributed by atoms with E-state index in [0.717, 1.165) is 38.1 Å². The summed E-state index contributed by atoms with van der Waals surface area (Å²) >= 11 is 0. The number of nitrogens with zero attached hydrogens (tertiary/aromatic N) is 3. The Balaban J connectivity index is 1.43. The topological polar surface area (TPSA) is 60.3 Å². The molecule has 6 nitrogen and oxygen atoms in total. The number of hydrogen-bond acceptors (Lipinski definition) is 4. The molecule has 0 aromatic rings. The van der Waals surface area contributed by atoms with Crippen LogP contribution in [0.2, 0.25) is 0 Å². The highest BCUT2D eigenvalue weighted by atomic mass is 16.5. The van der Waals surface area contributed by atoms with Gasteiger partial charge in [-0.15, -0.1) is 0 Å². The summed E-state index contributed by atoms with van der Waals surface area (Å²) in [6.45, 7) is 9.18. The molecule has 0 radical (unpaired) electrons. The quantitative estimate of drug-likeness (QED) is 0.509. The maximum absolute atomic E-state index is 10.1. The highest BCUT2D eigenvalue weighted by Gasteiger charge is 2.30. The van der Waals surface area contributed by atoms with Crippen LogP contribution in [0.25, 0.3) is 0 Å². The molecule has 138 valence electrons. The minimum Gasteiger partial charge on any atom is -0.389 e. The van der Waals surface area contributed by atoms with Crippen LogP contribution in [-0.4, -0.2) is 85.5 Å². The molecule has 0 aromatic carbocycles. The van der Waals surface area contributed by atoms with Gasteiger partial charge in [0.1, 0.15) is 0 Å². The van der Waals surface area contributed by atoms with E-state index < -0.39 is 6.10 Å². The van der Waals surface area contributed by atoms with Gasteiger partial charge in [0.2, 0.25) is 0 Å². The number of aliphatic imine (C=N–C) groups is 1. The predicted octanol–water partition coefficient (Wildman–Crippen LogP) is 0.910. The second-order valence-electron chi connectivity index (χ2n) is 7.46. The van der Waals surface area contributed by atoms with Crippen LogP contribution in [0.5, 0.6) is 0 Å². The molecule has 1 saturated carbocycles. The average molecular weight is 338 g/mol. The first-order valence-corrected chi connectivity index (χ1v) is 9.79. The van der Waals surface area contributed by atoms with Crippen LogP contribution in [0.3, 0.4) is 0 Å². The Morgan fingerprint density at radius 3 is 2.75 bits per heavy atom. The first-order chi connectivity index (χ1) is 11.8. The summed E-state index contributed by atoms with van der Waals surface area (Å²) in [6.07, 6.45) is 5.97. The van der Waals surface area contributed by atoms with Crippen molar-refractivity contribution < 1.29 is 9.84 Å². The second kappa shape index (κ2) is 9.02. The molecule has 2 unspecified atom stereocenters. The van der Waals surface area contributed by atoms with Gasteiger partial charge in [0.25, 0.3) is 0 Å². The number of aliphatic hydroxyl groups excluding tert-OH is 1. The molecule has 3 aliphatic rings. The third kappa shape index (κ3) is 5.33. The van der Waals surface area contributed by atoms with Gasteiger partial charge in [0.15, 0.2) is 5.96 Å². The zero-order valence-electron chi connectivity index (χ0n) is 15.1. The van der Waals surface area contributed by atoms with Crippen LogP contribution in [0.4, 0.5) is 0 Å². The van der Waals surface area contributed by atoms with Crippen LogP contribution in [-0.2, 0) is 4.74 Å². The van der Waals surface area contributed by atoms with Crippen LogP contribution < -0.4 is 5.32 Å². The van der Waals surface area contributed by atoms with Gasteiger partial charge in [-0.2, -0.15) is 0 Å². The number of ether oxygens (including phenoxy) is 1. The van der Waals surface area contributed by atoms with Crippen molar-refractivity contribution in [2.45, 2.75) is 51.2 Å². The maximum atomic E-state index is 10.1. The van der Waals surface area contributed by atoms with Gasteiger partial charge in [-0.1, -0.05) is 0 Å². The highest BCUT2D eigenvalue weighted by Crippen LogP contribution is 2.28. The lowest BCUT2D eigenvalue weighted by Crippen LogP contribution is -2.43. The zero-order valence-corrected chi connectivity index (χ0v) is 15.1. The van der Waals surface area contributed by atoms with Crippen LogP contribution in [0.15, 0.2) is 4.99 Å². The largest absolute Gasteiger partial charge is 0.389 e. The SMILES string of the molecule is CCNC(=NCC(O)COCC1CC1)N1CCC(N2CCCC2)C1. The molecule has 0 amide bonds. The first kappa shape index (κ1) is 18.0. The van der Waals surface area contributed by atoms with Gasteiger partial charge in [-0.05, 0) is 58.0 Å². The fourth-order valence-corrected chi connectivity index (χ4v) is 3.66. The zero-order chi connectivity index (χ0) is 16.8. The number of likely N-dealkylation sites (tertiary alicyclic amines) is 2. The first-order valence-electron chi connectivity index (χ1n) is 9.79. The van der Waals surface area contributed by atoms with Gasteiger partial charge < -0.3 is 20.1 Å². The minimum atomic E-state index is -0.505. The molecule has 0 spiro atoms. The van der Waals surface area contributed by atoms with Crippen LogP contribution in [0.1, 0.15) is 39.0 Å². The van der Waals surface area contributed by atoms with Crippen molar-refractivity contribution >= 4 is 5.96 Å². The standard InChI is InChI=1S/C18H34N4O2/c1-2-19-18(20-11-17(23)14-24-13-15-5-6-15)22-10-7-16(12-22)21-8-3-4-9-21/h15-17,23H,2-14H2,1H3,(H,19,20). The molecule has 2 N–H and O–H groups in total. The summed E-state index contributed by atoms with van der Waals surface area (Å²) in [5.74, 6) is 1.69. The van der Waals surface area contributed by atoms with Crippen molar-refractivity contribution in [1.82, 2.24) is 15.1 Å². The predicted molar refractivity (Wildman–Crippen MR) is 96.3 cm³/mol. The molecular formula is C18H34N4O2. The molecular weight excluding hydrogens is 304 g/mol. The highest BCUT2D eigenvalue weighted by molar-refractivity contribution is 5.80.